The number of hydrogen-bond acceptors (Lipinski definition) is 6. The van der Waals surface area contributed by atoms with Gasteiger partial charge in [0.15, 0.2) is 6.10 Å². The first-order chi connectivity index (χ1) is 41.0. The third-order valence-corrected chi connectivity index (χ3v) is 16.5. The van der Waals surface area contributed by atoms with Crippen molar-refractivity contribution in [1.82, 2.24) is 0 Å². The monoisotopic (exact) mass is 1160 g/mol. The fraction of sp³-hybridized carbons (Fsp3) is 0.831. The molecule has 0 fully saturated rings. The highest BCUT2D eigenvalue weighted by molar-refractivity contribution is 5.71. The standard InChI is InChI=1S/C77H140O6/c1-4-7-10-13-16-19-22-25-28-31-34-36-38-40-41-43-46-49-52-55-58-61-64-67-70-76(79)82-73-74(72-81-75(78)69-66-63-60-57-54-51-48-45-33-30-27-24-21-18-15-12-9-6-3)83-77(80)71-68-65-62-59-56-53-50-47-44-42-39-37-35-32-29-26-23-20-17-14-11-8-5-2/h8,11,17,20,26,29,35,37,42,44,74H,4-7,9-10,12-16,18-19,21-25,27-28,30-34,36,38-41,43,45-73H2,1-3H3/b11-8-,20-17-,29-26-,37-35-,44-42-. The zero-order valence-electron chi connectivity index (χ0n) is 55.7. The van der Waals surface area contributed by atoms with Gasteiger partial charge >= 0.3 is 17.9 Å². The molecule has 0 rings (SSSR count). The summed E-state index contributed by atoms with van der Waals surface area (Å²) in [6.45, 7) is 6.60. The summed E-state index contributed by atoms with van der Waals surface area (Å²) in [4.78, 5) is 38.5. The van der Waals surface area contributed by atoms with E-state index in [2.05, 4.69) is 81.5 Å². The van der Waals surface area contributed by atoms with Crippen LogP contribution in [0.3, 0.4) is 0 Å². The minimum atomic E-state index is -0.780. The second-order valence-electron chi connectivity index (χ2n) is 24.8. The van der Waals surface area contributed by atoms with E-state index >= 15 is 0 Å². The number of ether oxygens (including phenoxy) is 3. The molecule has 0 aromatic heterocycles. The third-order valence-electron chi connectivity index (χ3n) is 16.5. The van der Waals surface area contributed by atoms with Gasteiger partial charge < -0.3 is 14.2 Å². The Hall–Kier alpha value is -2.89. The molecule has 83 heavy (non-hydrogen) atoms. The molecule has 0 saturated heterocycles. The van der Waals surface area contributed by atoms with Crippen molar-refractivity contribution in [2.45, 2.75) is 399 Å². The summed E-state index contributed by atoms with van der Waals surface area (Å²) in [6.07, 6.45) is 92.5. The molecule has 0 N–H and O–H groups in total. The van der Waals surface area contributed by atoms with E-state index in [1.54, 1.807) is 0 Å². The molecular weight excluding hydrogens is 1020 g/mol. The second kappa shape index (κ2) is 71.6. The molecule has 0 spiro atoms. The SMILES string of the molecule is CC/C=C\C/C=C\C/C=C\C/C=C\C/C=C\CCCCCCCCCC(=O)OC(COC(=O)CCCCCCCCCCCCCCCCCCCC)COC(=O)CCCCCCCCCCCCCCCCCCCCCCCCCC. The van der Waals surface area contributed by atoms with Crippen LogP contribution in [0.25, 0.3) is 0 Å². The number of carbonyl (C=O) groups excluding carboxylic acids is 3. The van der Waals surface area contributed by atoms with Gasteiger partial charge in [0.25, 0.3) is 0 Å². The zero-order valence-corrected chi connectivity index (χ0v) is 55.7. The lowest BCUT2D eigenvalue weighted by Crippen LogP contribution is -2.30. The maximum atomic E-state index is 13.0. The molecule has 1 unspecified atom stereocenters. The molecular formula is C77H140O6. The Morgan fingerprint density at radius 3 is 0.735 bits per heavy atom. The van der Waals surface area contributed by atoms with E-state index in [4.69, 9.17) is 14.2 Å². The van der Waals surface area contributed by atoms with Gasteiger partial charge in [-0.2, -0.15) is 0 Å². The Kier molecular flexibility index (Phi) is 69.1. The van der Waals surface area contributed by atoms with Crippen LogP contribution < -0.4 is 0 Å². The fourth-order valence-electron chi connectivity index (χ4n) is 11.1. The van der Waals surface area contributed by atoms with Gasteiger partial charge in [-0.05, 0) is 64.2 Å². The maximum Gasteiger partial charge on any atom is 0.306 e. The molecule has 0 amide bonds. The van der Waals surface area contributed by atoms with Gasteiger partial charge in [0.1, 0.15) is 13.2 Å². The van der Waals surface area contributed by atoms with Crippen LogP contribution in [0.2, 0.25) is 0 Å². The Labute approximate surface area is 517 Å². The van der Waals surface area contributed by atoms with Gasteiger partial charge in [-0.3, -0.25) is 14.4 Å². The average Bonchev–Trinajstić information content (AvgIpc) is 3.49. The third kappa shape index (κ3) is 69.8. The van der Waals surface area contributed by atoms with Crippen molar-refractivity contribution >= 4 is 17.9 Å². The minimum Gasteiger partial charge on any atom is -0.462 e. The van der Waals surface area contributed by atoms with Crippen LogP contribution in [0.4, 0.5) is 0 Å². The molecule has 0 aliphatic carbocycles. The van der Waals surface area contributed by atoms with Gasteiger partial charge in [0, 0.05) is 19.3 Å². The van der Waals surface area contributed by atoms with Gasteiger partial charge in [0.05, 0.1) is 0 Å². The summed E-state index contributed by atoms with van der Waals surface area (Å²) < 4.78 is 17.0. The van der Waals surface area contributed by atoms with E-state index < -0.39 is 6.10 Å². The summed E-state index contributed by atoms with van der Waals surface area (Å²) in [6, 6.07) is 0. The predicted molar refractivity (Wildman–Crippen MR) is 362 cm³/mol. The molecule has 0 aliphatic rings. The highest BCUT2D eigenvalue weighted by Crippen LogP contribution is 2.19. The van der Waals surface area contributed by atoms with Crippen LogP contribution in [0.1, 0.15) is 393 Å². The number of allylic oxidation sites excluding steroid dienone is 10. The van der Waals surface area contributed by atoms with Gasteiger partial charge in [0.2, 0.25) is 0 Å². The lowest BCUT2D eigenvalue weighted by atomic mass is 10.0. The van der Waals surface area contributed by atoms with Crippen molar-refractivity contribution in [2.75, 3.05) is 13.2 Å². The van der Waals surface area contributed by atoms with E-state index in [9.17, 15) is 14.4 Å². The molecule has 0 radical (unpaired) electrons. The highest BCUT2D eigenvalue weighted by Gasteiger charge is 2.19. The lowest BCUT2D eigenvalue weighted by molar-refractivity contribution is -0.167. The Morgan fingerprint density at radius 2 is 0.470 bits per heavy atom. The smallest absolute Gasteiger partial charge is 0.306 e. The average molecular weight is 1160 g/mol. The van der Waals surface area contributed by atoms with E-state index in [-0.39, 0.29) is 31.1 Å². The van der Waals surface area contributed by atoms with Gasteiger partial charge in [-0.1, -0.05) is 370 Å². The van der Waals surface area contributed by atoms with E-state index in [1.165, 1.54) is 257 Å². The molecule has 0 aromatic rings. The molecule has 0 aromatic carbocycles. The second-order valence-corrected chi connectivity index (χ2v) is 24.8. The van der Waals surface area contributed by atoms with Crippen molar-refractivity contribution in [3.63, 3.8) is 0 Å². The minimum absolute atomic E-state index is 0.0733. The first kappa shape index (κ1) is 80.1. The summed E-state index contributed by atoms with van der Waals surface area (Å²) >= 11 is 0. The Bertz CT molecular complexity index is 1470. The van der Waals surface area contributed by atoms with Crippen LogP contribution in [0.15, 0.2) is 60.8 Å². The van der Waals surface area contributed by atoms with Crippen LogP contribution >= 0.6 is 0 Å². The highest BCUT2D eigenvalue weighted by atomic mass is 16.6. The van der Waals surface area contributed by atoms with Crippen molar-refractivity contribution in [2.24, 2.45) is 0 Å². The lowest BCUT2D eigenvalue weighted by Gasteiger charge is -2.18. The summed E-state index contributed by atoms with van der Waals surface area (Å²) in [5.74, 6) is -0.854. The van der Waals surface area contributed by atoms with Crippen LogP contribution in [-0.2, 0) is 28.6 Å². The summed E-state index contributed by atoms with van der Waals surface area (Å²) in [5, 5.41) is 0. The number of hydrogen-bond donors (Lipinski definition) is 0. The molecule has 6 heteroatoms. The molecule has 6 nitrogen and oxygen atoms in total. The van der Waals surface area contributed by atoms with Crippen LogP contribution in [-0.4, -0.2) is 37.2 Å². The summed E-state index contributed by atoms with van der Waals surface area (Å²) in [7, 11) is 0. The molecule has 0 saturated carbocycles. The quantitative estimate of drug-likeness (QED) is 0.0261. The van der Waals surface area contributed by atoms with Gasteiger partial charge in [-0.25, -0.2) is 0 Å². The van der Waals surface area contributed by atoms with E-state index in [0.717, 1.165) is 96.3 Å². The van der Waals surface area contributed by atoms with E-state index in [1.807, 2.05) is 0 Å². The first-order valence-electron chi connectivity index (χ1n) is 36.8. The number of rotatable bonds is 68. The molecule has 1 atom stereocenters. The topological polar surface area (TPSA) is 78.9 Å². The normalized spacial score (nSPS) is 12.4. The zero-order chi connectivity index (χ0) is 59.9. The first-order valence-corrected chi connectivity index (χ1v) is 36.8. The largest absolute Gasteiger partial charge is 0.462 e. The van der Waals surface area contributed by atoms with Crippen molar-refractivity contribution in [3.05, 3.63) is 60.8 Å². The van der Waals surface area contributed by atoms with Crippen LogP contribution in [0.5, 0.6) is 0 Å². The molecule has 0 bridgehead atoms. The van der Waals surface area contributed by atoms with E-state index in [0.29, 0.717) is 19.3 Å². The maximum absolute atomic E-state index is 13.0. The summed E-state index contributed by atoms with van der Waals surface area (Å²) in [5.41, 5.74) is 0. The molecule has 484 valence electrons. The number of carbonyl (C=O) groups is 3. The fourth-order valence-corrected chi connectivity index (χ4v) is 11.1. The number of unbranched alkanes of at least 4 members (excludes halogenated alkanes) is 47. The van der Waals surface area contributed by atoms with Crippen molar-refractivity contribution in [1.29, 1.82) is 0 Å². The van der Waals surface area contributed by atoms with Crippen molar-refractivity contribution in [3.8, 4) is 0 Å². The predicted octanol–water partition coefficient (Wildman–Crippen LogP) is 25.5. The van der Waals surface area contributed by atoms with Crippen LogP contribution in [0, 0.1) is 0 Å². The Balaban J connectivity index is 4.33. The molecule has 0 heterocycles. The van der Waals surface area contributed by atoms with Gasteiger partial charge in [-0.15, -0.1) is 0 Å². The number of esters is 3. The Morgan fingerprint density at radius 1 is 0.253 bits per heavy atom. The van der Waals surface area contributed by atoms with Crippen molar-refractivity contribution < 1.29 is 28.6 Å². The molecule has 0 aliphatic heterocycles.